The van der Waals surface area contributed by atoms with Crippen molar-refractivity contribution in [1.29, 1.82) is 0 Å². The number of benzene rings is 3. The number of methoxy groups -OCH3 is 1. The first-order valence-corrected chi connectivity index (χ1v) is 15.7. The van der Waals surface area contributed by atoms with Crippen LogP contribution in [0.15, 0.2) is 77.7 Å². The van der Waals surface area contributed by atoms with Crippen LogP contribution in [0, 0.1) is 6.92 Å². The summed E-state index contributed by atoms with van der Waals surface area (Å²) in [5.41, 5.74) is 0.0177. The van der Waals surface area contributed by atoms with Crippen LogP contribution in [0.4, 0.5) is 18.9 Å². The van der Waals surface area contributed by atoms with E-state index >= 15 is 0 Å². The van der Waals surface area contributed by atoms with Gasteiger partial charge in [-0.3, -0.25) is 13.9 Å². The average Bonchev–Trinajstić information content (AvgIpc) is 3.00. The molecule has 1 atom stereocenters. The minimum Gasteiger partial charge on any atom is -0.497 e. The smallest absolute Gasteiger partial charge is 0.416 e. The second-order valence-electron chi connectivity index (χ2n) is 10.3. The number of aryl methyl sites for hydroxylation is 1. The monoisotopic (exact) mass is 633 g/mol. The van der Waals surface area contributed by atoms with Crippen LogP contribution in [0.2, 0.25) is 0 Å². The molecule has 2 amide bonds. The van der Waals surface area contributed by atoms with Crippen LogP contribution in [0.3, 0.4) is 0 Å². The first kappa shape index (κ1) is 34.4. The Bertz CT molecular complexity index is 1510. The number of sulfonamides is 1. The second-order valence-corrected chi connectivity index (χ2v) is 12.2. The molecular weight excluding hydrogens is 595 g/mol. The van der Waals surface area contributed by atoms with Crippen LogP contribution in [0.1, 0.15) is 49.8 Å². The lowest BCUT2D eigenvalue weighted by Gasteiger charge is -2.33. The van der Waals surface area contributed by atoms with Crippen LogP contribution in [-0.4, -0.2) is 51.4 Å². The number of halogens is 3. The molecule has 44 heavy (non-hydrogen) atoms. The molecule has 0 aliphatic heterocycles. The molecule has 0 spiro atoms. The van der Waals surface area contributed by atoms with E-state index in [2.05, 4.69) is 5.32 Å². The summed E-state index contributed by atoms with van der Waals surface area (Å²) < 4.78 is 74.7. The Hall–Kier alpha value is -4.06. The van der Waals surface area contributed by atoms with Gasteiger partial charge >= 0.3 is 6.18 Å². The minimum atomic E-state index is -4.75. The fourth-order valence-corrected chi connectivity index (χ4v) is 5.96. The van der Waals surface area contributed by atoms with Crippen molar-refractivity contribution in [2.45, 2.75) is 63.7 Å². The van der Waals surface area contributed by atoms with Crippen molar-refractivity contribution in [3.8, 4) is 5.75 Å². The van der Waals surface area contributed by atoms with Crippen molar-refractivity contribution in [2.24, 2.45) is 0 Å². The Balaban J connectivity index is 2.09. The molecule has 0 fully saturated rings. The van der Waals surface area contributed by atoms with Gasteiger partial charge in [-0.1, -0.05) is 56.2 Å². The molecule has 12 heteroatoms. The summed E-state index contributed by atoms with van der Waals surface area (Å²) in [6, 6.07) is 15.5. The van der Waals surface area contributed by atoms with Gasteiger partial charge in [0.15, 0.2) is 0 Å². The van der Waals surface area contributed by atoms with Gasteiger partial charge in [0.05, 0.1) is 23.3 Å². The fourth-order valence-electron chi connectivity index (χ4n) is 4.56. The molecule has 0 aromatic heterocycles. The summed E-state index contributed by atoms with van der Waals surface area (Å²) in [6.45, 7) is 4.97. The molecule has 8 nitrogen and oxygen atoms in total. The molecule has 0 aliphatic carbocycles. The number of nitrogens with one attached hydrogen (secondary N) is 1. The van der Waals surface area contributed by atoms with Crippen molar-refractivity contribution in [2.75, 3.05) is 24.5 Å². The number of amides is 2. The van der Waals surface area contributed by atoms with Crippen molar-refractivity contribution < 1.29 is 35.9 Å². The zero-order chi connectivity index (χ0) is 32.5. The molecule has 0 aliphatic rings. The molecule has 3 aromatic rings. The maximum absolute atomic E-state index is 14.1. The third-order valence-corrected chi connectivity index (χ3v) is 8.86. The molecule has 238 valence electrons. The van der Waals surface area contributed by atoms with E-state index in [9.17, 15) is 31.2 Å². The molecule has 3 rings (SSSR count). The summed E-state index contributed by atoms with van der Waals surface area (Å²) in [5.74, 6) is -0.586. The molecule has 1 N–H and O–H groups in total. The first-order valence-electron chi connectivity index (χ1n) is 14.3. The number of nitrogens with zero attached hydrogens (tertiary/aromatic N) is 2. The van der Waals surface area contributed by atoms with Gasteiger partial charge in [0.1, 0.15) is 18.3 Å². The molecule has 3 aromatic carbocycles. The Morgan fingerprint density at radius 3 is 2.20 bits per heavy atom. The number of alkyl halides is 3. The van der Waals surface area contributed by atoms with Crippen molar-refractivity contribution in [1.82, 2.24) is 10.2 Å². The normalized spacial score (nSPS) is 12.3. The van der Waals surface area contributed by atoms with E-state index in [1.54, 1.807) is 50.2 Å². The van der Waals surface area contributed by atoms with Gasteiger partial charge in [-0.05, 0) is 67.8 Å². The SMILES string of the molecule is CCCCNC(=O)C(CC)N(Cc1ccc(OC)cc1)C(=O)CN(c1cccc(C(F)(F)F)c1)S(=O)(=O)c1ccc(C)cc1. The number of unbranched alkanes of at least 4 members (excludes halogenated alkanes) is 1. The fraction of sp³-hybridized carbons (Fsp3) is 0.375. The lowest BCUT2D eigenvalue weighted by molar-refractivity contribution is -0.140. The van der Waals surface area contributed by atoms with E-state index in [1.165, 1.54) is 30.2 Å². The molecular formula is C32H38F3N3O5S. The van der Waals surface area contributed by atoms with Gasteiger partial charge in [-0.15, -0.1) is 0 Å². The van der Waals surface area contributed by atoms with Gasteiger partial charge in [0, 0.05) is 13.1 Å². The highest BCUT2D eigenvalue weighted by Gasteiger charge is 2.36. The Labute approximate surface area is 256 Å². The van der Waals surface area contributed by atoms with E-state index in [-0.39, 0.29) is 23.5 Å². The minimum absolute atomic E-state index is 0.0520. The van der Waals surface area contributed by atoms with Gasteiger partial charge in [-0.25, -0.2) is 8.42 Å². The highest BCUT2D eigenvalue weighted by Crippen LogP contribution is 2.33. The van der Waals surface area contributed by atoms with Crippen LogP contribution in [0.25, 0.3) is 0 Å². The van der Waals surface area contributed by atoms with Gasteiger partial charge in [-0.2, -0.15) is 13.2 Å². The second kappa shape index (κ2) is 15.1. The zero-order valence-electron chi connectivity index (χ0n) is 25.2. The highest BCUT2D eigenvalue weighted by atomic mass is 32.2. The zero-order valence-corrected chi connectivity index (χ0v) is 26.0. The van der Waals surface area contributed by atoms with Gasteiger partial charge < -0.3 is 15.0 Å². The number of ether oxygens (including phenoxy) is 1. The number of carbonyl (C=O) groups is 2. The number of anilines is 1. The van der Waals surface area contributed by atoms with Crippen LogP contribution >= 0.6 is 0 Å². The summed E-state index contributed by atoms with van der Waals surface area (Å²) in [7, 11) is -3.00. The molecule has 0 saturated carbocycles. The number of rotatable bonds is 14. The van der Waals surface area contributed by atoms with Crippen LogP contribution < -0.4 is 14.4 Å². The molecule has 0 radical (unpaired) electrons. The summed E-state index contributed by atoms with van der Waals surface area (Å²) >= 11 is 0. The van der Waals surface area contributed by atoms with Gasteiger partial charge in [0.25, 0.3) is 10.0 Å². The number of carbonyl (C=O) groups excluding carboxylic acids is 2. The first-order chi connectivity index (χ1) is 20.8. The average molecular weight is 634 g/mol. The van der Waals surface area contributed by atoms with Crippen LogP contribution in [0.5, 0.6) is 5.75 Å². The van der Waals surface area contributed by atoms with E-state index < -0.39 is 46.2 Å². The highest BCUT2D eigenvalue weighted by molar-refractivity contribution is 7.92. The molecule has 0 bridgehead atoms. The summed E-state index contributed by atoms with van der Waals surface area (Å²) in [4.78, 5) is 28.4. The summed E-state index contributed by atoms with van der Waals surface area (Å²) in [5, 5.41) is 2.83. The van der Waals surface area contributed by atoms with E-state index in [0.717, 1.165) is 30.5 Å². The Kier molecular flexibility index (Phi) is 11.8. The van der Waals surface area contributed by atoms with Crippen molar-refractivity contribution in [3.05, 3.63) is 89.5 Å². The number of hydrogen-bond donors (Lipinski definition) is 1. The molecule has 1 unspecified atom stereocenters. The van der Waals surface area contributed by atoms with E-state index in [0.29, 0.717) is 28.2 Å². The van der Waals surface area contributed by atoms with Gasteiger partial charge in [0.2, 0.25) is 11.8 Å². The third kappa shape index (κ3) is 8.75. The predicted octanol–water partition coefficient (Wildman–Crippen LogP) is 5.94. The Morgan fingerprint density at radius 1 is 0.977 bits per heavy atom. The third-order valence-electron chi connectivity index (χ3n) is 7.08. The lowest BCUT2D eigenvalue weighted by atomic mass is 10.1. The van der Waals surface area contributed by atoms with Crippen molar-refractivity contribution in [3.63, 3.8) is 0 Å². The predicted molar refractivity (Wildman–Crippen MR) is 163 cm³/mol. The lowest BCUT2D eigenvalue weighted by Crippen LogP contribution is -2.52. The molecule has 0 heterocycles. The van der Waals surface area contributed by atoms with Crippen LogP contribution in [-0.2, 0) is 32.3 Å². The quantitative estimate of drug-likeness (QED) is 0.222. The Morgan fingerprint density at radius 2 is 1.64 bits per heavy atom. The summed E-state index contributed by atoms with van der Waals surface area (Å²) in [6.07, 6.45) is -2.96. The largest absolute Gasteiger partial charge is 0.497 e. The number of hydrogen-bond acceptors (Lipinski definition) is 5. The topological polar surface area (TPSA) is 96.0 Å². The molecule has 0 saturated heterocycles. The van der Waals surface area contributed by atoms with E-state index in [1.807, 2.05) is 6.92 Å². The van der Waals surface area contributed by atoms with Crippen molar-refractivity contribution >= 4 is 27.5 Å². The maximum atomic E-state index is 14.1. The maximum Gasteiger partial charge on any atom is 0.416 e. The van der Waals surface area contributed by atoms with E-state index in [4.69, 9.17) is 4.74 Å². The standard InChI is InChI=1S/C32H38F3N3O5S/c1-5-7-19-36-31(40)29(6-2)37(21-24-13-15-27(43-4)16-14-24)30(39)22-38(26-10-8-9-25(20-26)32(33,34)35)44(41,42)28-17-11-23(3)12-18-28/h8-18,20,29H,5-7,19,21-22H2,1-4H3,(H,36,40).